The minimum Gasteiger partial charge on any atom is -0.508 e. The maximum absolute atomic E-state index is 11.8. The van der Waals surface area contributed by atoms with Crippen LogP contribution in [-0.2, 0) is 6.42 Å². The first-order valence-corrected chi connectivity index (χ1v) is 5.29. The number of alkyl halides is 1. The van der Waals surface area contributed by atoms with Crippen molar-refractivity contribution in [2.75, 3.05) is 19.8 Å². The van der Waals surface area contributed by atoms with Crippen LogP contribution < -0.4 is 5.32 Å². The highest BCUT2D eigenvalue weighted by Crippen LogP contribution is 2.16. The van der Waals surface area contributed by atoms with Gasteiger partial charge in [-0.15, -0.1) is 0 Å². The summed E-state index contributed by atoms with van der Waals surface area (Å²) >= 11 is 0. The number of hydrogen-bond donors (Lipinski definition) is 2. The zero-order chi connectivity index (χ0) is 11.1. The molecule has 1 rings (SSSR count). The van der Waals surface area contributed by atoms with Gasteiger partial charge in [-0.25, -0.2) is 0 Å². The third-order valence-corrected chi connectivity index (χ3v) is 2.34. The second-order valence-corrected chi connectivity index (χ2v) is 3.66. The fourth-order valence-electron chi connectivity index (χ4n) is 1.42. The van der Waals surface area contributed by atoms with Crippen molar-refractivity contribution in [1.82, 2.24) is 5.32 Å². The van der Waals surface area contributed by atoms with Crippen molar-refractivity contribution in [2.24, 2.45) is 0 Å². The van der Waals surface area contributed by atoms with Gasteiger partial charge in [0.15, 0.2) is 0 Å². The maximum Gasteiger partial charge on any atom is 0.118 e. The first kappa shape index (κ1) is 12.0. The number of halogens is 1. The van der Waals surface area contributed by atoms with Crippen LogP contribution in [0.3, 0.4) is 0 Å². The molecule has 0 atom stereocenters. The Morgan fingerprint density at radius 2 is 2.13 bits per heavy atom. The predicted molar refractivity (Wildman–Crippen MR) is 60.0 cm³/mol. The molecule has 2 N–H and O–H groups in total. The molecule has 1 aromatic carbocycles. The molecule has 0 amide bonds. The molecule has 0 heterocycles. The number of benzene rings is 1. The second-order valence-electron chi connectivity index (χ2n) is 3.66. The van der Waals surface area contributed by atoms with Crippen LogP contribution in [0.25, 0.3) is 0 Å². The Kier molecular flexibility index (Phi) is 5.12. The van der Waals surface area contributed by atoms with E-state index in [0.29, 0.717) is 12.2 Å². The standard InChI is InChI=1S/C12H18FNO/c1-10-9-11(3-4-12(10)15)5-8-14-7-2-6-13/h3-4,9,14-15H,2,5-8H2,1H3. The monoisotopic (exact) mass is 211 g/mol. The molecule has 3 heteroatoms. The molecule has 1 aromatic rings. The third kappa shape index (κ3) is 4.30. The van der Waals surface area contributed by atoms with Crippen molar-refractivity contribution >= 4 is 0 Å². The minimum atomic E-state index is -0.259. The number of rotatable bonds is 6. The van der Waals surface area contributed by atoms with E-state index in [1.54, 1.807) is 6.07 Å². The molecule has 0 saturated carbocycles. The van der Waals surface area contributed by atoms with E-state index in [4.69, 9.17) is 0 Å². The molecule has 0 unspecified atom stereocenters. The second kappa shape index (κ2) is 6.40. The van der Waals surface area contributed by atoms with Crippen LogP contribution in [0.2, 0.25) is 0 Å². The smallest absolute Gasteiger partial charge is 0.118 e. The maximum atomic E-state index is 11.8. The SMILES string of the molecule is Cc1cc(CCNCCCF)ccc1O. The average Bonchev–Trinajstić information content (AvgIpc) is 2.23. The molecular weight excluding hydrogens is 193 g/mol. The molecule has 0 aliphatic carbocycles. The predicted octanol–water partition coefficient (Wildman–Crippen LogP) is 2.19. The van der Waals surface area contributed by atoms with Gasteiger partial charge in [0.2, 0.25) is 0 Å². The van der Waals surface area contributed by atoms with E-state index in [2.05, 4.69) is 5.32 Å². The summed E-state index contributed by atoms with van der Waals surface area (Å²) in [5, 5.41) is 12.5. The molecule has 15 heavy (non-hydrogen) atoms. The van der Waals surface area contributed by atoms with Gasteiger partial charge in [-0.3, -0.25) is 4.39 Å². The van der Waals surface area contributed by atoms with Gasteiger partial charge in [0, 0.05) is 0 Å². The first-order chi connectivity index (χ1) is 7.24. The summed E-state index contributed by atoms with van der Waals surface area (Å²) in [6, 6.07) is 5.61. The van der Waals surface area contributed by atoms with Crippen LogP contribution in [0, 0.1) is 6.92 Å². The molecular formula is C12H18FNO. The average molecular weight is 211 g/mol. The molecule has 2 nitrogen and oxygen atoms in total. The van der Waals surface area contributed by atoms with Crippen LogP contribution in [0.5, 0.6) is 5.75 Å². The van der Waals surface area contributed by atoms with Crippen molar-refractivity contribution in [3.05, 3.63) is 29.3 Å². The zero-order valence-corrected chi connectivity index (χ0v) is 9.09. The summed E-state index contributed by atoms with van der Waals surface area (Å²) in [5.41, 5.74) is 2.09. The molecule has 0 aliphatic rings. The quantitative estimate of drug-likeness (QED) is 0.707. The van der Waals surface area contributed by atoms with Gasteiger partial charge in [-0.2, -0.15) is 0 Å². The van der Waals surface area contributed by atoms with Gasteiger partial charge in [0.1, 0.15) is 5.75 Å². The highest BCUT2D eigenvalue weighted by Gasteiger charge is 1.97. The minimum absolute atomic E-state index is 0.259. The number of aryl methyl sites for hydroxylation is 1. The molecule has 0 aliphatic heterocycles. The van der Waals surface area contributed by atoms with Gasteiger partial charge in [-0.1, -0.05) is 12.1 Å². The molecule has 0 bridgehead atoms. The Morgan fingerprint density at radius 1 is 1.33 bits per heavy atom. The highest BCUT2D eigenvalue weighted by molar-refractivity contribution is 5.34. The van der Waals surface area contributed by atoms with Crippen molar-refractivity contribution in [1.29, 1.82) is 0 Å². The van der Waals surface area contributed by atoms with Crippen molar-refractivity contribution in [2.45, 2.75) is 19.8 Å². The summed E-state index contributed by atoms with van der Waals surface area (Å²) in [7, 11) is 0. The Balaban J connectivity index is 2.28. The lowest BCUT2D eigenvalue weighted by molar-refractivity contribution is 0.460. The van der Waals surface area contributed by atoms with Crippen LogP contribution in [0.4, 0.5) is 4.39 Å². The van der Waals surface area contributed by atoms with Gasteiger partial charge in [0.05, 0.1) is 6.67 Å². The molecule has 0 aromatic heterocycles. The summed E-state index contributed by atoms with van der Waals surface area (Å²) in [6.45, 7) is 3.21. The van der Waals surface area contributed by atoms with E-state index in [1.165, 1.54) is 5.56 Å². The number of hydrogen-bond acceptors (Lipinski definition) is 2. The van der Waals surface area contributed by atoms with E-state index >= 15 is 0 Å². The van der Waals surface area contributed by atoms with E-state index in [9.17, 15) is 9.50 Å². The van der Waals surface area contributed by atoms with Crippen LogP contribution >= 0.6 is 0 Å². The summed E-state index contributed by atoms with van der Waals surface area (Å²) in [6.07, 6.45) is 1.49. The molecule has 0 spiro atoms. The number of nitrogens with one attached hydrogen (secondary N) is 1. The van der Waals surface area contributed by atoms with Crippen LogP contribution in [0.1, 0.15) is 17.5 Å². The summed E-state index contributed by atoms with van der Waals surface area (Å²) < 4.78 is 11.8. The van der Waals surface area contributed by atoms with Gasteiger partial charge in [0.25, 0.3) is 0 Å². The molecule has 84 valence electrons. The highest BCUT2D eigenvalue weighted by atomic mass is 19.1. The number of phenols is 1. The van der Waals surface area contributed by atoms with Crippen LogP contribution in [0.15, 0.2) is 18.2 Å². The van der Waals surface area contributed by atoms with Crippen molar-refractivity contribution < 1.29 is 9.50 Å². The number of phenolic OH excluding ortho intramolecular Hbond substituents is 1. The zero-order valence-electron chi connectivity index (χ0n) is 9.09. The van der Waals surface area contributed by atoms with Gasteiger partial charge < -0.3 is 10.4 Å². The number of aromatic hydroxyl groups is 1. The van der Waals surface area contributed by atoms with E-state index in [1.807, 2.05) is 19.1 Å². The van der Waals surface area contributed by atoms with Crippen LogP contribution in [-0.4, -0.2) is 24.9 Å². The summed E-state index contributed by atoms with van der Waals surface area (Å²) in [5.74, 6) is 0.337. The van der Waals surface area contributed by atoms with Gasteiger partial charge in [-0.05, 0) is 50.0 Å². The Morgan fingerprint density at radius 3 is 2.80 bits per heavy atom. The first-order valence-electron chi connectivity index (χ1n) is 5.29. The van der Waals surface area contributed by atoms with E-state index in [0.717, 1.165) is 25.1 Å². The normalized spacial score (nSPS) is 10.5. The lowest BCUT2D eigenvalue weighted by atomic mass is 10.1. The Labute approximate surface area is 90.1 Å². The van der Waals surface area contributed by atoms with Crippen molar-refractivity contribution in [3.63, 3.8) is 0 Å². The van der Waals surface area contributed by atoms with E-state index in [-0.39, 0.29) is 6.67 Å². The van der Waals surface area contributed by atoms with Gasteiger partial charge >= 0.3 is 0 Å². The fourth-order valence-corrected chi connectivity index (χ4v) is 1.42. The topological polar surface area (TPSA) is 32.3 Å². The Hall–Kier alpha value is -1.09. The Bertz CT molecular complexity index is 302. The van der Waals surface area contributed by atoms with E-state index < -0.39 is 0 Å². The summed E-state index contributed by atoms with van der Waals surface area (Å²) in [4.78, 5) is 0. The lowest BCUT2D eigenvalue weighted by Gasteiger charge is -2.05. The molecule has 0 saturated heterocycles. The fraction of sp³-hybridized carbons (Fsp3) is 0.500. The largest absolute Gasteiger partial charge is 0.508 e. The molecule has 0 fully saturated rings. The molecule has 0 radical (unpaired) electrons. The third-order valence-electron chi connectivity index (χ3n) is 2.34. The van der Waals surface area contributed by atoms with Crippen molar-refractivity contribution in [3.8, 4) is 5.75 Å². The lowest BCUT2D eigenvalue weighted by Crippen LogP contribution is -2.18.